The summed E-state index contributed by atoms with van der Waals surface area (Å²) in [6.07, 6.45) is 1.30. The third-order valence-corrected chi connectivity index (χ3v) is 6.85. The van der Waals surface area contributed by atoms with Crippen molar-refractivity contribution < 1.29 is 9.59 Å². The molecule has 0 unspecified atom stereocenters. The molecular formula is C29H34N2O2S. The minimum atomic E-state index is -0.596. The average Bonchev–Trinajstić information content (AvgIpc) is 2.87. The highest BCUT2D eigenvalue weighted by Crippen LogP contribution is 2.21. The van der Waals surface area contributed by atoms with Gasteiger partial charge in [0, 0.05) is 23.9 Å². The second-order valence-corrected chi connectivity index (χ2v) is 9.68. The van der Waals surface area contributed by atoms with Gasteiger partial charge in [-0.05, 0) is 43.5 Å². The zero-order valence-electron chi connectivity index (χ0n) is 20.2. The van der Waals surface area contributed by atoms with Crippen LogP contribution in [0.4, 0.5) is 0 Å². The molecule has 0 aliphatic carbocycles. The summed E-state index contributed by atoms with van der Waals surface area (Å²) in [5.74, 6) is 0.121. The molecule has 1 N–H and O–H groups in total. The predicted molar refractivity (Wildman–Crippen MR) is 141 cm³/mol. The van der Waals surface area contributed by atoms with Crippen LogP contribution in [0.15, 0.2) is 89.8 Å². The van der Waals surface area contributed by atoms with E-state index in [1.165, 1.54) is 11.8 Å². The normalized spacial score (nSPS) is 12.6. The number of hydrogen-bond acceptors (Lipinski definition) is 3. The van der Waals surface area contributed by atoms with Crippen molar-refractivity contribution in [2.24, 2.45) is 0 Å². The number of nitrogens with zero attached hydrogens (tertiary/aromatic N) is 1. The van der Waals surface area contributed by atoms with Crippen LogP contribution in [0.3, 0.4) is 0 Å². The third kappa shape index (κ3) is 7.77. The summed E-state index contributed by atoms with van der Waals surface area (Å²) in [6.45, 7) is 6.47. The van der Waals surface area contributed by atoms with E-state index in [9.17, 15) is 9.59 Å². The van der Waals surface area contributed by atoms with Crippen LogP contribution in [0.5, 0.6) is 0 Å². The summed E-state index contributed by atoms with van der Waals surface area (Å²) >= 11 is 1.50. The molecule has 0 heterocycles. The Bertz CT molecular complexity index is 1040. The Morgan fingerprint density at radius 3 is 2.12 bits per heavy atom. The van der Waals surface area contributed by atoms with Crippen molar-refractivity contribution in [3.05, 3.63) is 102 Å². The standard InChI is InChI=1S/C29H34N2O2S/c1-4-23(3)30-29(33)27(19-24-11-7-5-8-12-24)31(20-25-17-15-22(2)16-18-25)28(32)21-34-26-13-9-6-10-14-26/h5-18,23,27H,4,19-21H2,1-3H3,(H,30,33)/t23-,27-/m1/s1. The maximum Gasteiger partial charge on any atom is 0.243 e. The van der Waals surface area contributed by atoms with Crippen LogP contribution >= 0.6 is 11.8 Å². The van der Waals surface area contributed by atoms with E-state index in [0.29, 0.717) is 13.0 Å². The van der Waals surface area contributed by atoms with Crippen LogP contribution in [-0.2, 0) is 22.6 Å². The summed E-state index contributed by atoms with van der Waals surface area (Å²) in [5.41, 5.74) is 3.21. The molecule has 2 amide bonds. The van der Waals surface area contributed by atoms with Gasteiger partial charge in [0.2, 0.25) is 11.8 Å². The number of nitrogens with one attached hydrogen (secondary N) is 1. The van der Waals surface area contributed by atoms with E-state index in [4.69, 9.17) is 0 Å². The van der Waals surface area contributed by atoms with Crippen LogP contribution in [-0.4, -0.2) is 34.6 Å². The van der Waals surface area contributed by atoms with Crippen molar-refractivity contribution >= 4 is 23.6 Å². The lowest BCUT2D eigenvalue weighted by molar-refractivity contribution is -0.139. The monoisotopic (exact) mass is 474 g/mol. The molecule has 5 heteroatoms. The highest BCUT2D eigenvalue weighted by atomic mass is 32.2. The van der Waals surface area contributed by atoms with Crippen LogP contribution in [0.2, 0.25) is 0 Å². The molecule has 2 atom stereocenters. The van der Waals surface area contributed by atoms with Gasteiger partial charge >= 0.3 is 0 Å². The van der Waals surface area contributed by atoms with Gasteiger partial charge in [-0.25, -0.2) is 0 Å². The van der Waals surface area contributed by atoms with Crippen molar-refractivity contribution in [2.45, 2.75) is 57.1 Å². The largest absolute Gasteiger partial charge is 0.352 e. The first kappa shape index (κ1) is 25.6. The number of benzene rings is 3. The van der Waals surface area contributed by atoms with Gasteiger partial charge in [-0.2, -0.15) is 0 Å². The van der Waals surface area contributed by atoms with Gasteiger partial charge in [-0.3, -0.25) is 9.59 Å². The lowest BCUT2D eigenvalue weighted by Crippen LogP contribution is -2.52. The first-order chi connectivity index (χ1) is 16.5. The zero-order valence-corrected chi connectivity index (χ0v) is 21.1. The van der Waals surface area contributed by atoms with Gasteiger partial charge in [0.25, 0.3) is 0 Å². The number of carbonyl (C=O) groups is 2. The minimum absolute atomic E-state index is 0.0424. The number of hydrogen-bond donors (Lipinski definition) is 1. The summed E-state index contributed by atoms with van der Waals surface area (Å²) in [7, 11) is 0. The minimum Gasteiger partial charge on any atom is -0.352 e. The molecule has 0 bridgehead atoms. The molecular weight excluding hydrogens is 440 g/mol. The van der Waals surface area contributed by atoms with Gasteiger partial charge < -0.3 is 10.2 Å². The highest BCUT2D eigenvalue weighted by molar-refractivity contribution is 8.00. The summed E-state index contributed by atoms with van der Waals surface area (Å²) in [4.78, 5) is 29.9. The second kappa shape index (κ2) is 13.0. The lowest BCUT2D eigenvalue weighted by Gasteiger charge is -2.32. The molecule has 0 aromatic heterocycles. The maximum atomic E-state index is 13.6. The molecule has 178 valence electrons. The molecule has 0 aliphatic rings. The van der Waals surface area contributed by atoms with E-state index in [1.54, 1.807) is 4.90 Å². The van der Waals surface area contributed by atoms with Gasteiger partial charge in [0.1, 0.15) is 6.04 Å². The molecule has 4 nitrogen and oxygen atoms in total. The van der Waals surface area contributed by atoms with Gasteiger partial charge in [-0.15, -0.1) is 11.8 Å². The number of carbonyl (C=O) groups excluding carboxylic acids is 2. The molecule has 0 aliphatic heterocycles. The molecule has 3 rings (SSSR count). The zero-order chi connectivity index (χ0) is 24.3. The van der Waals surface area contributed by atoms with E-state index in [0.717, 1.165) is 28.0 Å². The Labute approximate surface area is 207 Å². The Balaban J connectivity index is 1.90. The molecule has 3 aromatic rings. The Morgan fingerprint density at radius 2 is 1.50 bits per heavy atom. The number of thioether (sulfide) groups is 1. The van der Waals surface area contributed by atoms with Gasteiger partial charge in [0.15, 0.2) is 0 Å². The van der Waals surface area contributed by atoms with Gasteiger partial charge in [0.05, 0.1) is 5.75 Å². The summed E-state index contributed by atoms with van der Waals surface area (Å²) in [6, 6.07) is 27.4. The molecule has 34 heavy (non-hydrogen) atoms. The van der Waals surface area contributed by atoms with Crippen LogP contribution in [0, 0.1) is 6.92 Å². The Kier molecular flexibility index (Phi) is 9.77. The fraction of sp³-hybridized carbons (Fsp3) is 0.310. The van der Waals surface area contributed by atoms with Crippen molar-refractivity contribution in [2.75, 3.05) is 5.75 Å². The first-order valence-corrected chi connectivity index (χ1v) is 12.8. The quantitative estimate of drug-likeness (QED) is 0.366. The van der Waals surface area contributed by atoms with Gasteiger partial charge in [-0.1, -0.05) is 85.3 Å². The Morgan fingerprint density at radius 1 is 0.882 bits per heavy atom. The topological polar surface area (TPSA) is 49.4 Å². The molecule has 3 aromatic carbocycles. The smallest absolute Gasteiger partial charge is 0.243 e. The molecule has 0 fully saturated rings. The summed E-state index contributed by atoms with van der Waals surface area (Å²) in [5, 5.41) is 3.11. The van der Waals surface area contributed by atoms with E-state index in [1.807, 2.05) is 106 Å². The molecule has 0 saturated carbocycles. The fourth-order valence-electron chi connectivity index (χ4n) is 3.63. The van der Waals surface area contributed by atoms with Crippen LogP contribution in [0.25, 0.3) is 0 Å². The Hall–Kier alpha value is -3.05. The third-order valence-electron chi connectivity index (χ3n) is 5.85. The van der Waals surface area contributed by atoms with E-state index < -0.39 is 6.04 Å². The van der Waals surface area contributed by atoms with E-state index in [2.05, 4.69) is 5.32 Å². The van der Waals surface area contributed by atoms with Crippen molar-refractivity contribution in [3.63, 3.8) is 0 Å². The van der Waals surface area contributed by atoms with Crippen molar-refractivity contribution in [1.82, 2.24) is 10.2 Å². The lowest BCUT2D eigenvalue weighted by atomic mass is 10.0. The molecule has 0 radical (unpaired) electrons. The number of aryl methyl sites for hydroxylation is 1. The van der Waals surface area contributed by atoms with E-state index >= 15 is 0 Å². The number of amides is 2. The van der Waals surface area contributed by atoms with E-state index in [-0.39, 0.29) is 23.6 Å². The predicted octanol–water partition coefficient (Wildman–Crippen LogP) is 5.64. The van der Waals surface area contributed by atoms with Crippen molar-refractivity contribution in [3.8, 4) is 0 Å². The maximum absolute atomic E-state index is 13.6. The molecule has 0 spiro atoms. The van der Waals surface area contributed by atoms with Crippen LogP contribution in [0.1, 0.15) is 37.0 Å². The highest BCUT2D eigenvalue weighted by Gasteiger charge is 2.30. The SMILES string of the molecule is CC[C@@H](C)NC(=O)[C@@H](Cc1ccccc1)N(Cc1ccc(C)cc1)C(=O)CSc1ccccc1. The molecule has 0 saturated heterocycles. The first-order valence-electron chi connectivity index (χ1n) is 11.8. The summed E-state index contributed by atoms with van der Waals surface area (Å²) < 4.78 is 0. The number of rotatable bonds is 11. The van der Waals surface area contributed by atoms with Crippen LogP contribution < -0.4 is 5.32 Å². The second-order valence-electron chi connectivity index (χ2n) is 8.63. The van der Waals surface area contributed by atoms with Crippen molar-refractivity contribution in [1.29, 1.82) is 0 Å². The average molecular weight is 475 g/mol. The fourth-order valence-corrected chi connectivity index (χ4v) is 4.44.